The lowest BCUT2D eigenvalue weighted by Crippen LogP contribution is -2.40. The smallest absolute Gasteiger partial charge is 0.123 e. The topological polar surface area (TPSA) is 50.1 Å². The molecule has 6 heteroatoms. The highest BCUT2D eigenvalue weighted by molar-refractivity contribution is 7.99. The summed E-state index contributed by atoms with van der Waals surface area (Å²) < 4.78 is 15.3. The van der Waals surface area contributed by atoms with Crippen LogP contribution in [0.5, 0.6) is 0 Å². The van der Waals surface area contributed by atoms with E-state index in [1.165, 1.54) is 12.1 Å². The zero-order valence-electron chi connectivity index (χ0n) is 13.0. The summed E-state index contributed by atoms with van der Waals surface area (Å²) in [6.45, 7) is 2.12. The second-order valence-electron chi connectivity index (χ2n) is 5.35. The first-order valence-electron chi connectivity index (χ1n) is 7.19. The number of nitrogens with one attached hydrogen (secondary N) is 1. The van der Waals surface area contributed by atoms with Crippen molar-refractivity contribution in [2.45, 2.75) is 24.3 Å². The van der Waals surface area contributed by atoms with Crippen LogP contribution in [0.3, 0.4) is 0 Å². The van der Waals surface area contributed by atoms with Crippen molar-refractivity contribution in [1.29, 1.82) is 0 Å². The zero-order chi connectivity index (χ0) is 16.1. The fraction of sp³-hybridized carbons (Fsp3) is 0.438. The van der Waals surface area contributed by atoms with Gasteiger partial charge in [0.1, 0.15) is 5.82 Å². The lowest BCUT2D eigenvalue weighted by molar-refractivity contribution is 0.273. The maximum atomic E-state index is 13.6. The summed E-state index contributed by atoms with van der Waals surface area (Å²) in [4.78, 5) is 0. The number of rotatable bonds is 7. The number of aliphatic hydroxyl groups is 1. The average Bonchev–Trinajstić information content (AvgIpc) is 2.92. The molecular formula is C16H22FN3OS. The number of hydrogen-bond donors (Lipinski definition) is 2. The van der Waals surface area contributed by atoms with Gasteiger partial charge in [-0.15, -0.1) is 0 Å². The van der Waals surface area contributed by atoms with Gasteiger partial charge in [0, 0.05) is 30.1 Å². The van der Waals surface area contributed by atoms with Gasteiger partial charge in [-0.2, -0.15) is 16.9 Å². The van der Waals surface area contributed by atoms with Crippen molar-refractivity contribution in [2.75, 3.05) is 12.9 Å². The molecule has 120 valence electrons. The Morgan fingerprint density at radius 2 is 2.18 bits per heavy atom. The van der Waals surface area contributed by atoms with E-state index in [0.29, 0.717) is 0 Å². The summed E-state index contributed by atoms with van der Waals surface area (Å²) in [5, 5.41) is 17.2. The van der Waals surface area contributed by atoms with Gasteiger partial charge in [-0.05, 0) is 30.9 Å². The normalized spacial score (nSPS) is 15.5. The summed E-state index contributed by atoms with van der Waals surface area (Å²) in [5.41, 5.74) is 1.82. The molecule has 2 N–H and O–H groups in total. The molecule has 0 amide bonds. The van der Waals surface area contributed by atoms with Crippen LogP contribution in [0.4, 0.5) is 4.39 Å². The fourth-order valence-electron chi connectivity index (χ4n) is 2.47. The quantitative estimate of drug-likeness (QED) is 0.821. The van der Waals surface area contributed by atoms with Gasteiger partial charge in [0.15, 0.2) is 0 Å². The summed E-state index contributed by atoms with van der Waals surface area (Å²) >= 11 is 1.61. The Kier molecular flexibility index (Phi) is 5.99. The van der Waals surface area contributed by atoms with Crippen LogP contribution in [0.25, 0.3) is 0 Å². The van der Waals surface area contributed by atoms with Crippen molar-refractivity contribution in [3.63, 3.8) is 0 Å². The lowest BCUT2D eigenvalue weighted by Gasteiger charge is -2.27. The molecule has 1 aromatic heterocycles. The van der Waals surface area contributed by atoms with E-state index in [0.717, 1.165) is 11.1 Å². The van der Waals surface area contributed by atoms with Gasteiger partial charge < -0.3 is 10.4 Å². The summed E-state index contributed by atoms with van der Waals surface area (Å²) in [6.07, 6.45) is 5.67. The van der Waals surface area contributed by atoms with E-state index >= 15 is 0 Å². The summed E-state index contributed by atoms with van der Waals surface area (Å²) in [5.74, 6) is -0.260. The molecule has 0 spiro atoms. The van der Waals surface area contributed by atoms with E-state index in [1.54, 1.807) is 28.7 Å². The van der Waals surface area contributed by atoms with Gasteiger partial charge in [-0.3, -0.25) is 4.68 Å². The minimum atomic E-state index is -0.260. The monoisotopic (exact) mass is 323 g/mol. The van der Waals surface area contributed by atoms with Crippen LogP contribution in [0, 0.1) is 5.82 Å². The number of thioether (sulfide) groups is 1. The Labute approximate surface area is 134 Å². The number of aliphatic hydroxyl groups excluding tert-OH is 1. The third-order valence-electron chi connectivity index (χ3n) is 3.71. The van der Waals surface area contributed by atoms with E-state index in [-0.39, 0.29) is 29.8 Å². The van der Waals surface area contributed by atoms with Crippen LogP contribution < -0.4 is 5.32 Å². The van der Waals surface area contributed by atoms with Gasteiger partial charge in [-0.1, -0.05) is 12.1 Å². The first kappa shape index (κ1) is 17.0. The molecule has 2 rings (SSSR count). The molecule has 0 aliphatic rings. The molecule has 4 nitrogen and oxygen atoms in total. The average molecular weight is 323 g/mol. The number of halogens is 1. The number of hydrogen-bond acceptors (Lipinski definition) is 4. The van der Waals surface area contributed by atoms with Gasteiger partial charge in [-0.25, -0.2) is 4.39 Å². The maximum Gasteiger partial charge on any atom is 0.123 e. The maximum absolute atomic E-state index is 13.6. The van der Waals surface area contributed by atoms with Gasteiger partial charge in [0.05, 0.1) is 18.8 Å². The SMILES string of the molecule is CSC(CO)C(C)NC(c1cccc(F)c1)c1cnn(C)c1. The molecule has 0 bridgehead atoms. The third-order valence-corrected chi connectivity index (χ3v) is 4.87. The Morgan fingerprint density at radius 1 is 1.41 bits per heavy atom. The molecular weight excluding hydrogens is 301 g/mol. The largest absolute Gasteiger partial charge is 0.395 e. The van der Waals surface area contributed by atoms with Crippen LogP contribution >= 0.6 is 11.8 Å². The second-order valence-corrected chi connectivity index (χ2v) is 6.42. The number of benzene rings is 1. The van der Waals surface area contributed by atoms with Crippen LogP contribution in [-0.4, -0.2) is 39.0 Å². The number of aromatic nitrogens is 2. The number of nitrogens with zero attached hydrogens (tertiary/aromatic N) is 2. The van der Waals surface area contributed by atoms with Crippen LogP contribution in [-0.2, 0) is 7.05 Å². The third kappa shape index (κ3) is 4.09. The molecule has 1 aromatic carbocycles. The second kappa shape index (κ2) is 7.76. The Bertz CT molecular complexity index is 601. The predicted molar refractivity (Wildman–Crippen MR) is 88.4 cm³/mol. The van der Waals surface area contributed by atoms with E-state index in [4.69, 9.17) is 0 Å². The Balaban J connectivity index is 2.30. The Hall–Kier alpha value is -1.37. The first-order chi connectivity index (χ1) is 10.5. The first-order valence-corrected chi connectivity index (χ1v) is 8.47. The molecule has 3 atom stereocenters. The summed E-state index contributed by atoms with van der Waals surface area (Å²) in [7, 11) is 1.86. The number of aryl methyl sites for hydroxylation is 1. The predicted octanol–water partition coefficient (Wildman–Crippen LogP) is 2.35. The highest BCUT2D eigenvalue weighted by Gasteiger charge is 2.22. The standard InChI is InChI=1S/C16H22FN3OS/c1-11(15(10-21)22-3)19-16(13-8-18-20(2)9-13)12-5-4-6-14(17)7-12/h4-9,11,15-16,19,21H,10H2,1-3H3. The molecule has 0 fully saturated rings. The zero-order valence-corrected chi connectivity index (χ0v) is 13.8. The minimum Gasteiger partial charge on any atom is -0.395 e. The van der Waals surface area contributed by atoms with E-state index in [1.807, 2.05) is 32.5 Å². The van der Waals surface area contributed by atoms with E-state index in [9.17, 15) is 9.50 Å². The molecule has 1 heterocycles. The van der Waals surface area contributed by atoms with E-state index in [2.05, 4.69) is 10.4 Å². The fourth-order valence-corrected chi connectivity index (χ4v) is 3.10. The van der Waals surface area contributed by atoms with Crippen molar-refractivity contribution in [2.24, 2.45) is 7.05 Å². The summed E-state index contributed by atoms with van der Waals surface area (Å²) in [6, 6.07) is 6.47. The highest BCUT2D eigenvalue weighted by Crippen LogP contribution is 2.24. The molecule has 0 saturated carbocycles. The van der Waals surface area contributed by atoms with Crippen LogP contribution in [0.1, 0.15) is 24.1 Å². The molecule has 0 saturated heterocycles. The molecule has 0 aliphatic heterocycles. The molecule has 22 heavy (non-hydrogen) atoms. The van der Waals surface area contributed by atoms with Gasteiger partial charge >= 0.3 is 0 Å². The minimum absolute atomic E-state index is 0.0634. The molecule has 0 radical (unpaired) electrons. The van der Waals surface area contributed by atoms with Crippen LogP contribution in [0.2, 0.25) is 0 Å². The molecule has 3 unspecified atom stereocenters. The van der Waals surface area contributed by atoms with Crippen molar-refractivity contribution >= 4 is 11.8 Å². The van der Waals surface area contributed by atoms with Gasteiger partial charge in [0.25, 0.3) is 0 Å². The van der Waals surface area contributed by atoms with Crippen molar-refractivity contribution in [1.82, 2.24) is 15.1 Å². The van der Waals surface area contributed by atoms with Gasteiger partial charge in [0.2, 0.25) is 0 Å². The molecule has 2 aromatic rings. The Morgan fingerprint density at radius 3 is 2.73 bits per heavy atom. The van der Waals surface area contributed by atoms with Crippen molar-refractivity contribution in [3.05, 3.63) is 53.6 Å². The van der Waals surface area contributed by atoms with Crippen molar-refractivity contribution < 1.29 is 9.50 Å². The van der Waals surface area contributed by atoms with Crippen molar-refractivity contribution in [3.8, 4) is 0 Å². The highest BCUT2D eigenvalue weighted by atomic mass is 32.2. The lowest BCUT2D eigenvalue weighted by atomic mass is 10.00. The van der Waals surface area contributed by atoms with Crippen LogP contribution in [0.15, 0.2) is 36.7 Å². The van der Waals surface area contributed by atoms with E-state index < -0.39 is 0 Å². The molecule has 0 aliphatic carbocycles.